The van der Waals surface area contributed by atoms with Crippen LogP contribution in [0, 0.1) is 33.6 Å². The van der Waals surface area contributed by atoms with Gasteiger partial charge in [-0.15, -0.1) is 0 Å². The molecule has 2 aromatic carbocycles. The average Bonchev–Trinajstić information content (AvgIpc) is 3.47. The number of alkyl halides is 3. The Morgan fingerprint density at radius 3 is 2.06 bits per heavy atom. The summed E-state index contributed by atoms with van der Waals surface area (Å²) < 4.78 is 39.6. The van der Waals surface area contributed by atoms with E-state index in [2.05, 4.69) is 64.1 Å². The van der Waals surface area contributed by atoms with Crippen LogP contribution >= 0.6 is 8.19 Å². The summed E-state index contributed by atoms with van der Waals surface area (Å²) >= 11 is 0. The first-order chi connectivity index (χ1) is 16.1. The number of aryl methyl sites for hydroxylation is 2. The van der Waals surface area contributed by atoms with E-state index in [1.165, 1.54) is 64.3 Å². The lowest BCUT2D eigenvalue weighted by Gasteiger charge is -2.21. The van der Waals surface area contributed by atoms with Gasteiger partial charge in [0.05, 0.1) is 5.56 Å². The maximum Gasteiger partial charge on any atom is 0.416 e. The molecule has 1 heterocycles. The standard InChI is InChI=1S/C30H28F3P/c1-17-15-18(2)20(4)28(19(17)3)27-16-26(22-9-11-23(12-10-22)30(31,32)33)25-14-13-24(29(25)34-27)21-7-5-6-8-21/h5-12,15-16,21,24H,13-14H2,1-4H3. The fourth-order valence-electron chi connectivity index (χ4n) is 5.51. The van der Waals surface area contributed by atoms with Crippen LogP contribution in [0.25, 0.3) is 22.0 Å². The van der Waals surface area contributed by atoms with E-state index in [0.717, 1.165) is 24.0 Å². The van der Waals surface area contributed by atoms with Crippen molar-refractivity contribution in [2.24, 2.45) is 5.92 Å². The van der Waals surface area contributed by atoms with Gasteiger partial charge in [-0.3, -0.25) is 0 Å². The zero-order valence-corrected chi connectivity index (χ0v) is 20.8. The number of benzene rings is 2. The van der Waals surface area contributed by atoms with Crippen LogP contribution in [0.5, 0.6) is 0 Å². The highest BCUT2D eigenvalue weighted by Crippen LogP contribution is 2.52. The molecule has 4 heteroatoms. The van der Waals surface area contributed by atoms with Gasteiger partial charge in [-0.2, -0.15) is 13.2 Å². The van der Waals surface area contributed by atoms with Gasteiger partial charge >= 0.3 is 6.18 Å². The zero-order chi connectivity index (χ0) is 24.2. The van der Waals surface area contributed by atoms with E-state index in [1.54, 1.807) is 12.1 Å². The molecule has 0 saturated heterocycles. The van der Waals surface area contributed by atoms with Crippen molar-refractivity contribution in [3.63, 3.8) is 0 Å². The quantitative estimate of drug-likeness (QED) is 0.353. The summed E-state index contributed by atoms with van der Waals surface area (Å²) in [4.78, 5) is 0. The predicted octanol–water partition coefficient (Wildman–Crippen LogP) is 9.63. The summed E-state index contributed by atoms with van der Waals surface area (Å²) in [5, 5.41) is 2.69. The highest BCUT2D eigenvalue weighted by Gasteiger charge is 2.33. The summed E-state index contributed by atoms with van der Waals surface area (Å²) in [6.45, 7) is 8.68. The average molecular weight is 477 g/mol. The van der Waals surface area contributed by atoms with Crippen LogP contribution in [-0.2, 0) is 12.6 Å². The van der Waals surface area contributed by atoms with E-state index >= 15 is 0 Å². The third-order valence-electron chi connectivity index (χ3n) is 7.60. The van der Waals surface area contributed by atoms with Gasteiger partial charge in [0.2, 0.25) is 0 Å². The number of rotatable bonds is 3. The summed E-state index contributed by atoms with van der Waals surface area (Å²) in [6.07, 6.45) is 6.52. The zero-order valence-electron chi connectivity index (χ0n) is 19.9. The third-order valence-corrected chi connectivity index (χ3v) is 9.04. The molecular formula is C30H28F3P. The number of hydrogen-bond donors (Lipinski definition) is 0. The first kappa shape index (κ1) is 23.1. The van der Waals surface area contributed by atoms with Crippen molar-refractivity contribution in [1.82, 2.24) is 0 Å². The molecule has 0 saturated carbocycles. The van der Waals surface area contributed by atoms with Gasteiger partial charge in [0, 0.05) is 11.2 Å². The Balaban J connectivity index is 1.73. The lowest BCUT2D eigenvalue weighted by atomic mass is 9.91. The molecule has 174 valence electrons. The Hall–Kier alpha value is -2.64. The molecule has 0 spiro atoms. The minimum atomic E-state index is -4.33. The molecule has 2 aliphatic rings. The third kappa shape index (κ3) is 3.95. The minimum Gasteiger partial charge on any atom is -0.166 e. The van der Waals surface area contributed by atoms with Crippen molar-refractivity contribution >= 4 is 8.19 Å². The molecule has 2 aliphatic carbocycles. The number of hydrogen-bond acceptors (Lipinski definition) is 0. The van der Waals surface area contributed by atoms with Crippen LogP contribution in [0.2, 0.25) is 0 Å². The van der Waals surface area contributed by atoms with Crippen molar-refractivity contribution in [2.75, 3.05) is 0 Å². The van der Waals surface area contributed by atoms with E-state index in [0.29, 0.717) is 11.8 Å². The normalized spacial score (nSPS) is 17.8. The van der Waals surface area contributed by atoms with E-state index in [-0.39, 0.29) is 0 Å². The second-order valence-corrected chi connectivity index (χ2v) is 10.8. The Labute approximate surface area is 201 Å². The fourth-order valence-corrected chi connectivity index (χ4v) is 7.25. The van der Waals surface area contributed by atoms with Crippen LogP contribution < -0.4 is 0 Å². The lowest BCUT2D eigenvalue weighted by Crippen LogP contribution is -2.04. The summed E-state index contributed by atoms with van der Waals surface area (Å²) in [7, 11) is 1.23. The Bertz CT molecular complexity index is 1290. The number of fused-ring (bicyclic) bond motifs is 1. The molecule has 34 heavy (non-hydrogen) atoms. The van der Waals surface area contributed by atoms with Crippen molar-refractivity contribution in [3.8, 4) is 22.0 Å². The molecule has 0 radical (unpaired) electrons. The molecular weight excluding hydrogens is 448 g/mol. The van der Waals surface area contributed by atoms with Gasteiger partial charge < -0.3 is 0 Å². The smallest absolute Gasteiger partial charge is 0.166 e. The van der Waals surface area contributed by atoms with Crippen molar-refractivity contribution in [3.05, 3.63) is 99.4 Å². The molecule has 1 aromatic heterocycles. The second-order valence-electron chi connectivity index (χ2n) is 9.62. The highest BCUT2D eigenvalue weighted by atomic mass is 31.0. The molecule has 0 aliphatic heterocycles. The minimum absolute atomic E-state index is 0.398. The Morgan fingerprint density at radius 1 is 0.853 bits per heavy atom. The van der Waals surface area contributed by atoms with Gasteiger partial charge in [-0.1, -0.05) is 50.7 Å². The molecule has 0 nitrogen and oxygen atoms in total. The van der Waals surface area contributed by atoms with E-state index in [9.17, 15) is 13.2 Å². The van der Waals surface area contributed by atoms with Crippen LogP contribution in [0.15, 0.2) is 60.7 Å². The van der Waals surface area contributed by atoms with E-state index < -0.39 is 11.7 Å². The van der Waals surface area contributed by atoms with E-state index in [4.69, 9.17) is 0 Å². The summed E-state index contributed by atoms with van der Waals surface area (Å²) in [5.41, 5.74) is 9.08. The summed E-state index contributed by atoms with van der Waals surface area (Å²) in [5.74, 6) is 0.834. The molecule has 0 fully saturated rings. The molecule has 0 bridgehead atoms. The predicted molar refractivity (Wildman–Crippen MR) is 137 cm³/mol. The van der Waals surface area contributed by atoms with E-state index in [1.807, 2.05) is 0 Å². The monoisotopic (exact) mass is 476 g/mol. The summed E-state index contributed by atoms with van der Waals surface area (Å²) in [6, 6.07) is 10.2. The van der Waals surface area contributed by atoms with Gasteiger partial charge in [-0.05, 0) is 114 Å². The number of allylic oxidation sites excluding steroid dienone is 4. The van der Waals surface area contributed by atoms with Crippen LogP contribution in [0.4, 0.5) is 13.2 Å². The van der Waals surface area contributed by atoms with Crippen molar-refractivity contribution in [1.29, 1.82) is 0 Å². The maximum atomic E-state index is 13.2. The molecule has 5 rings (SSSR count). The first-order valence-corrected chi connectivity index (χ1v) is 12.7. The lowest BCUT2D eigenvalue weighted by molar-refractivity contribution is -0.137. The molecule has 0 N–H and O–H groups in total. The van der Waals surface area contributed by atoms with Crippen LogP contribution in [0.3, 0.4) is 0 Å². The molecule has 1 atom stereocenters. The second kappa shape index (κ2) is 8.54. The molecule has 1 unspecified atom stereocenters. The van der Waals surface area contributed by atoms with Crippen molar-refractivity contribution in [2.45, 2.75) is 52.6 Å². The Morgan fingerprint density at radius 2 is 1.47 bits per heavy atom. The SMILES string of the molecule is Cc1cc(C)c(C)c(-c2cc(-c3ccc(C(F)(F)F)cc3)c3c(p2)C(C2C=CC=C2)CC3)c1C. The molecule has 0 amide bonds. The van der Waals surface area contributed by atoms with Crippen molar-refractivity contribution < 1.29 is 13.2 Å². The largest absolute Gasteiger partial charge is 0.416 e. The number of halogens is 3. The van der Waals surface area contributed by atoms with Gasteiger partial charge in [0.15, 0.2) is 0 Å². The maximum absolute atomic E-state index is 13.2. The fraction of sp³-hybridized carbons (Fsp3) is 0.300. The van der Waals surface area contributed by atoms with Gasteiger partial charge in [0.25, 0.3) is 0 Å². The van der Waals surface area contributed by atoms with Gasteiger partial charge in [0.1, 0.15) is 0 Å². The van der Waals surface area contributed by atoms with Crippen LogP contribution in [-0.4, -0.2) is 0 Å². The molecule has 3 aromatic rings. The highest BCUT2D eigenvalue weighted by molar-refractivity contribution is 7.35. The van der Waals surface area contributed by atoms with Crippen LogP contribution in [0.1, 0.15) is 51.0 Å². The topological polar surface area (TPSA) is 0 Å². The van der Waals surface area contributed by atoms with Gasteiger partial charge in [-0.25, -0.2) is 0 Å². The Kier molecular flexibility index (Phi) is 5.81. The first-order valence-electron chi connectivity index (χ1n) is 11.8.